The molecule has 1 heterocycles. The lowest BCUT2D eigenvalue weighted by Crippen LogP contribution is -2.37. The minimum atomic E-state index is 0.458. The van der Waals surface area contributed by atoms with E-state index >= 15 is 0 Å². The zero-order valence-electron chi connectivity index (χ0n) is 10.3. The second kappa shape index (κ2) is 5.09. The maximum atomic E-state index is 6.20. The monoisotopic (exact) mass is 250 g/mol. The highest BCUT2D eigenvalue weighted by atomic mass is 32.1. The van der Waals surface area contributed by atoms with E-state index in [0.717, 1.165) is 18.5 Å². The third-order valence-electron chi connectivity index (χ3n) is 4.19. The van der Waals surface area contributed by atoms with Crippen molar-refractivity contribution in [1.29, 1.82) is 0 Å². The van der Waals surface area contributed by atoms with Crippen molar-refractivity contribution in [2.24, 2.45) is 11.7 Å². The number of hydrogen-bond acceptors (Lipinski definition) is 3. The van der Waals surface area contributed by atoms with Crippen LogP contribution in [0.1, 0.15) is 37.0 Å². The first-order valence-electron chi connectivity index (χ1n) is 6.85. The molecule has 0 aliphatic heterocycles. The van der Waals surface area contributed by atoms with E-state index in [1.165, 1.54) is 43.5 Å². The van der Waals surface area contributed by atoms with E-state index in [2.05, 4.69) is 22.4 Å². The fraction of sp³-hybridized carbons (Fsp3) is 0.714. The summed E-state index contributed by atoms with van der Waals surface area (Å²) in [5.74, 6) is 0.746. The van der Waals surface area contributed by atoms with E-state index in [4.69, 9.17) is 5.73 Å². The smallest absolute Gasteiger partial charge is 0.0330 e. The molecule has 0 aromatic carbocycles. The third kappa shape index (κ3) is 2.90. The Morgan fingerprint density at radius 3 is 2.76 bits per heavy atom. The van der Waals surface area contributed by atoms with Crippen molar-refractivity contribution >= 4 is 11.3 Å². The van der Waals surface area contributed by atoms with Gasteiger partial charge in [0.15, 0.2) is 0 Å². The molecule has 0 amide bonds. The summed E-state index contributed by atoms with van der Waals surface area (Å²) in [6.45, 7) is 2.37. The molecule has 17 heavy (non-hydrogen) atoms. The van der Waals surface area contributed by atoms with Gasteiger partial charge >= 0.3 is 0 Å². The predicted octanol–water partition coefficient (Wildman–Crippen LogP) is 2.84. The number of hydrogen-bond donors (Lipinski definition) is 1. The zero-order valence-corrected chi connectivity index (χ0v) is 11.2. The zero-order chi connectivity index (χ0) is 11.7. The highest BCUT2D eigenvalue weighted by Gasteiger charge is 2.33. The van der Waals surface area contributed by atoms with E-state index in [-0.39, 0.29) is 0 Å². The third-order valence-corrected chi connectivity index (χ3v) is 5.05. The standard InChI is InChI=1S/C14H22N2S/c15-14-5-1-3-11(14)9-16(12-6-7-12)10-13-4-2-8-17-13/h2,4,8,11-12,14H,1,3,5-7,9-10,15H2. The van der Waals surface area contributed by atoms with E-state index in [0.29, 0.717) is 6.04 Å². The Balaban J connectivity index is 1.60. The van der Waals surface area contributed by atoms with Gasteiger partial charge in [-0.05, 0) is 43.0 Å². The van der Waals surface area contributed by atoms with Crippen LogP contribution in [0, 0.1) is 5.92 Å². The lowest BCUT2D eigenvalue weighted by Gasteiger charge is -2.27. The summed E-state index contributed by atoms with van der Waals surface area (Å²) in [5, 5.41) is 2.18. The van der Waals surface area contributed by atoms with Crippen LogP contribution in [0.4, 0.5) is 0 Å². The van der Waals surface area contributed by atoms with Gasteiger partial charge in [-0.15, -0.1) is 11.3 Å². The molecule has 0 radical (unpaired) electrons. The topological polar surface area (TPSA) is 29.3 Å². The minimum absolute atomic E-state index is 0.458. The van der Waals surface area contributed by atoms with E-state index in [1.54, 1.807) is 0 Å². The van der Waals surface area contributed by atoms with E-state index in [1.807, 2.05) is 11.3 Å². The van der Waals surface area contributed by atoms with Gasteiger partial charge in [-0.1, -0.05) is 12.5 Å². The Labute approximate surface area is 108 Å². The molecule has 0 spiro atoms. The van der Waals surface area contributed by atoms with Gasteiger partial charge in [0.1, 0.15) is 0 Å². The second-order valence-electron chi connectivity index (χ2n) is 5.59. The Morgan fingerprint density at radius 2 is 2.18 bits per heavy atom. The molecule has 2 nitrogen and oxygen atoms in total. The summed E-state index contributed by atoms with van der Waals surface area (Å²) in [6, 6.07) is 5.73. The van der Waals surface area contributed by atoms with Crippen molar-refractivity contribution in [2.75, 3.05) is 6.54 Å². The molecule has 2 N–H and O–H groups in total. The molecule has 94 valence electrons. The largest absolute Gasteiger partial charge is 0.327 e. The van der Waals surface area contributed by atoms with E-state index in [9.17, 15) is 0 Å². The molecule has 0 bridgehead atoms. The molecule has 1 aromatic heterocycles. The van der Waals surface area contributed by atoms with Gasteiger partial charge in [0, 0.05) is 30.1 Å². The van der Waals surface area contributed by atoms with Crippen molar-refractivity contribution in [1.82, 2.24) is 4.90 Å². The lowest BCUT2D eigenvalue weighted by atomic mass is 10.0. The van der Waals surface area contributed by atoms with Gasteiger partial charge in [-0.2, -0.15) is 0 Å². The quantitative estimate of drug-likeness (QED) is 0.870. The predicted molar refractivity (Wildman–Crippen MR) is 73.1 cm³/mol. The van der Waals surface area contributed by atoms with Crippen LogP contribution in [0.5, 0.6) is 0 Å². The molecule has 3 heteroatoms. The first-order chi connectivity index (χ1) is 8.33. The Hall–Kier alpha value is -0.380. The van der Waals surface area contributed by atoms with Crippen molar-refractivity contribution in [3.8, 4) is 0 Å². The first kappa shape index (κ1) is 11.7. The normalized spacial score (nSPS) is 29.1. The van der Waals surface area contributed by atoms with Gasteiger partial charge in [-0.3, -0.25) is 4.90 Å². The average molecular weight is 250 g/mol. The first-order valence-corrected chi connectivity index (χ1v) is 7.73. The van der Waals surface area contributed by atoms with Crippen LogP contribution in [0.25, 0.3) is 0 Å². The number of nitrogens with two attached hydrogens (primary N) is 1. The maximum Gasteiger partial charge on any atom is 0.0330 e. The summed E-state index contributed by atoms with van der Waals surface area (Å²) >= 11 is 1.88. The lowest BCUT2D eigenvalue weighted by molar-refractivity contribution is 0.207. The van der Waals surface area contributed by atoms with Crippen LogP contribution in [0.2, 0.25) is 0 Å². The molecule has 1 aromatic rings. The number of thiophene rings is 1. The van der Waals surface area contributed by atoms with Crippen LogP contribution >= 0.6 is 11.3 Å². The van der Waals surface area contributed by atoms with Gasteiger partial charge in [-0.25, -0.2) is 0 Å². The molecule has 2 aliphatic carbocycles. The molecule has 2 fully saturated rings. The molecular formula is C14H22N2S. The Bertz CT molecular complexity index is 345. The number of rotatable bonds is 5. The van der Waals surface area contributed by atoms with Crippen LogP contribution in [-0.4, -0.2) is 23.5 Å². The van der Waals surface area contributed by atoms with Crippen molar-refractivity contribution in [3.05, 3.63) is 22.4 Å². The van der Waals surface area contributed by atoms with Gasteiger partial charge < -0.3 is 5.73 Å². The van der Waals surface area contributed by atoms with Gasteiger partial charge in [0.05, 0.1) is 0 Å². The van der Waals surface area contributed by atoms with Crippen molar-refractivity contribution < 1.29 is 0 Å². The Morgan fingerprint density at radius 1 is 1.29 bits per heavy atom. The van der Waals surface area contributed by atoms with Crippen LogP contribution in [-0.2, 0) is 6.54 Å². The maximum absolute atomic E-state index is 6.20. The molecule has 2 atom stereocenters. The molecular weight excluding hydrogens is 228 g/mol. The molecule has 2 unspecified atom stereocenters. The highest BCUT2D eigenvalue weighted by molar-refractivity contribution is 7.09. The molecule has 3 rings (SSSR count). The van der Waals surface area contributed by atoms with Crippen LogP contribution < -0.4 is 5.73 Å². The van der Waals surface area contributed by atoms with Crippen LogP contribution in [0.15, 0.2) is 17.5 Å². The fourth-order valence-corrected chi connectivity index (χ4v) is 3.71. The van der Waals surface area contributed by atoms with Gasteiger partial charge in [0.25, 0.3) is 0 Å². The number of nitrogens with zero attached hydrogens (tertiary/aromatic N) is 1. The fourth-order valence-electron chi connectivity index (χ4n) is 2.98. The summed E-state index contributed by atoms with van der Waals surface area (Å²) < 4.78 is 0. The second-order valence-corrected chi connectivity index (χ2v) is 6.63. The summed E-state index contributed by atoms with van der Waals surface area (Å²) in [4.78, 5) is 4.19. The summed E-state index contributed by atoms with van der Waals surface area (Å²) in [7, 11) is 0. The molecule has 2 aliphatic rings. The van der Waals surface area contributed by atoms with Crippen molar-refractivity contribution in [3.63, 3.8) is 0 Å². The van der Waals surface area contributed by atoms with E-state index < -0.39 is 0 Å². The highest BCUT2D eigenvalue weighted by Crippen LogP contribution is 2.33. The molecule has 2 saturated carbocycles. The van der Waals surface area contributed by atoms with Crippen molar-refractivity contribution in [2.45, 2.75) is 50.7 Å². The average Bonchev–Trinajstić information content (AvgIpc) is 2.91. The summed E-state index contributed by atoms with van der Waals surface area (Å²) in [5.41, 5.74) is 6.20. The summed E-state index contributed by atoms with van der Waals surface area (Å²) in [6.07, 6.45) is 6.71. The minimum Gasteiger partial charge on any atom is -0.327 e. The SMILES string of the molecule is NC1CCCC1CN(Cc1cccs1)C1CC1. The van der Waals surface area contributed by atoms with Crippen LogP contribution in [0.3, 0.4) is 0 Å². The Kier molecular flexibility index (Phi) is 3.50. The van der Waals surface area contributed by atoms with Gasteiger partial charge in [0.2, 0.25) is 0 Å². The molecule has 0 saturated heterocycles.